The minimum Gasteiger partial charge on any atom is -0.447 e. The Balaban J connectivity index is 4.06. The maximum absolute atomic E-state index is 12.2. The molecule has 0 aliphatic rings. The molecule has 0 rings (SSSR count). The van der Waals surface area contributed by atoms with Crippen LogP contribution in [0.25, 0.3) is 0 Å². The quantitative estimate of drug-likeness (QED) is 0.0359. The highest BCUT2D eigenvalue weighted by Crippen LogP contribution is 2.41. The molecule has 0 saturated heterocycles. The second-order valence-electron chi connectivity index (χ2n) is 11.0. The number of unbranched alkanes of at least 4 members (excludes halogenated alkanes) is 9. The number of aliphatic hydroxyl groups is 1. The topological polar surface area (TPSA) is 219 Å². The number of amides is 3. The summed E-state index contributed by atoms with van der Waals surface area (Å²) in [7, 11) is -1.17. The minimum atomic E-state index is -3.86. The van der Waals surface area contributed by atoms with Crippen molar-refractivity contribution in [3.63, 3.8) is 0 Å². The molecule has 2 unspecified atom stereocenters. The fourth-order valence-electron chi connectivity index (χ4n) is 4.07. The van der Waals surface area contributed by atoms with Crippen molar-refractivity contribution >= 4 is 25.9 Å². The van der Waals surface area contributed by atoms with Crippen molar-refractivity contribution in [1.82, 2.24) is 16.0 Å². The Morgan fingerprint density at radius 3 is 1.92 bits per heavy atom. The highest BCUT2D eigenvalue weighted by molar-refractivity contribution is 7.47. The first-order chi connectivity index (χ1) is 23.7. The molecule has 3 amide bonds. The molecule has 0 saturated carbocycles. The second kappa shape index (κ2) is 34.4. The Kier molecular flexibility index (Phi) is 32.9. The van der Waals surface area contributed by atoms with E-state index in [1.807, 2.05) is 0 Å². The van der Waals surface area contributed by atoms with Crippen molar-refractivity contribution in [2.75, 3.05) is 93.5 Å². The number of carbonyl (C=O) groups is 3. The predicted octanol–water partition coefficient (Wildman–Crippen LogP) is 3.40. The molecule has 49 heavy (non-hydrogen) atoms. The number of rotatable bonds is 35. The zero-order valence-corrected chi connectivity index (χ0v) is 30.4. The summed E-state index contributed by atoms with van der Waals surface area (Å²) in [6, 6.07) is 0. The van der Waals surface area contributed by atoms with E-state index in [1.165, 1.54) is 7.11 Å². The van der Waals surface area contributed by atoms with Crippen LogP contribution in [0.3, 0.4) is 0 Å². The van der Waals surface area contributed by atoms with Gasteiger partial charge in [-0.2, -0.15) is 0 Å². The number of phosphoric ester groups is 1. The number of aliphatic hydroxyl groups excluding tert-OH is 1. The molecule has 0 aromatic rings. The van der Waals surface area contributed by atoms with E-state index >= 15 is 0 Å². The van der Waals surface area contributed by atoms with Gasteiger partial charge in [0.25, 0.3) is 0 Å². The molecule has 0 aliphatic heterocycles. The first-order valence-electron chi connectivity index (χ1n) is 17.2. The van der Waals surface area contributed by atoms with Gasteiger partial charge in [-0.1, -0.05) is 51.4 Å². The van der Waals surface area contributed by atoms with Crippen molar-refractivity contribution in [3.05, 3.63) is 0 Å². The first kappa shape index (κ1) is 46.9. The van der Waals surface area contributed by atoms with Gasteiger partial charge in [0.1, 0.15) is 26.0 Å². The average Bonchev–Trinajstić information content (AvgIpc) is 3.08. The maximum Gasteiger partial charge on any atom is 0.471 e. The molecule has 17 nitrogen and oxygen atoms in total. The molecule has 18 heteroatoms. The highest BCUT2D eigenvalue weighted by atomic mass is 31.2. The smallest absolute Gasteiger partial charge is 0.447 e. The predicted molar refractivity (Wildman–Crippen MR) is 180 cm³/mol. The van der Waals surface area contributed by atoms with Gasteiger partial charge in [-0.25, -0.2) is 14.2 Å². The van der Waals surface area contributed by atoms with Crippen LogP contribution in [0.1, 0.15) is 83.5 Å². The van der Waals surface area contributed by atoms with Gasteiger partial charge in [-0.05, 0) is 25.7 Å². The lowest BCUT2D eigenvalue weighted by Gasteiger charge is -2.18. The normalized spacial score (nSPS) is 13.0. The fourth-order valence-corrected chi connectivity index (χ4v) is 4.54. The zero-order valence-electron chi connectivity index (χ0n) is 29.5. The monoisotopic (exact) mass is 731 g/mol. The molecule has 0 radical (unpaired) electrons. The molecule has 2 atom stereocenters. The van der Waals surface area contributed by atoms with Gasteiger partial charge in [0.15, 0.2) is 0 Å². The summed E-state index contributed by atoms with van der Waals surface area (Å²) >= 11 is 0. The van der Waals surface area contributed by atoms with Crippen molar-refractivity contribution in [2.45, 2.75) is 89.6 Å². The third-order valence-electron chi connectivity index (χ3n) is 6.79. The molecule has 0 heterocycles. The summed E-state index contributed by atoms with van der Waals surface area (Å²) in [6.07, 6.45) is 9.45. The average molecular weight is 732 g/mol. The molecule has 0 aromatic heterocycles. The van der Waals surface area contributed by atoms with Crippen molar-refractivity contribution in [2.24, 2.45) is 0 Å². The molecular weight excluding hydrogens is 669 g/mol. The summed E-state index contributed by atoms with van der Waals surface area (Å²) in [4.78, 5) is 45.4. The molecule has 0 aliphatic carbocycles. The summed E-state index contributed by atoms with van der Waals surface area (Å²) in [5.74, 6) is -0.0736. The fraction of sp³-hybridized carbons (Fsp3) is 0.903. The van der Waals surface area contributed by atoms with Crippen LogP contribution in [0.15, 0.2) is 0 Å². The van der Waals surface area contributed by atoms with Gasteiger partial charge in [0, 0.05) is 53.6 Å². The highest BCUT2D eigenvalue weighted by Gasteiger charge is 2.17. The summed E-state index contributed by atoms with van der Waals surface area (Å²) < 4.78 is 51.7. The number of nitrogens with one attached hydrogen (secondary N) is 3. The Labute approximate surface area is 291 Å². The SMILES string of the molecule is COCCOCNC(=O)OCC(COC(=O)NCCOCCCO)OCCCC(=O)NCCCCCCCCCCCCOP(=O)(O)OC. The summed E-state index contributed by atoms with van der Waals surface area (Å²) in [5, 5.41) is 16.6. The van der Waals surface area contributed by atoms with Gasteiger partial charge in [-0.15, -0.1) is 0 Å². The standard InChI is InChI=1S/C31H62N3O14P/c1-41-23-24-44-27-34-31(38)47-26-28(25-46-30(37)33-17-22-43-19-14-18-35)45-20-13-15-29(36)32-16-11-9-7-5-3-4-6-8-10-12-21-48-49(39,40)42-2/h28,35H,3-27H2,1-2H3,(H,32,36)(H,33,37)(H,34,38)(H,39,40). The van der Waals surface area contributed by atoms with Gasteiger partial charge >= 0.3 is 20.0 Å². The molecule has 0 fully saturated rings. The number of hydrogen-bond donors (Lipinski definition) is 5. The van der Waals surface area contributed by atoms with Crippen LogP contribution in [-0.2, 0) is 46.8 Å². The van der Waals surface area contributed by atoms with Crippen molar-refractivity contribution in [3.8, 4) is 0 Å². The van der Waals surface area contributed by atoms with Crippen LogP contribution >= 0.6 is 7.82 Å². The van der Waals surface area contributed by atoms with Gasteiger partial charge in [0.2, 0.25) is 5.91 Å². The lowest BCUT2D eigenvalue weighted by molar-refractivity contribution is -0.121. The van der Waals surface area contributed by atoms with Crippen LogP contribution in [-0.4, -0.2) is 128 Å². The first-order valence-corrected chi connectivity index (χ1v) is 18.7. The Bertz CT molecular complexity index is 858. The van der Waals surface area contributed by atoms with E-state index in [2.05, 4.69) is 20.5 Å². The Hall–Kier alpha value is -2.08. The molecule has 0 bridgehead atoms. The van der Waals surface area contributed by atoms with Gasteiger partial charge < -0.3 is 49.1 Å². The zero-order chi connectivity index (χ0) is 36.3. The van der Waals surface area contributed by atoms with E-state index in [4.69, 9.17) is 42.9 Å². The third-order valence-corrected chi connectivity index (χ3v) is 7.76. The van der Waals surface area contributed by atoms with E-state index in [0.717, 1.165) is 71.3 Å². The maximum atomic E-state index is 12.2. The van der Waals surface area contributed by atoms with Crippen molar-refractivity contribution < 1.29 is 66.4 Å². The lowest BCUT2D eigenvalue weighted by atomic mass is 10.1. The number of alkyl carbamates (subject to hydrolysis) is 2. The summed E-state index contributed by atoms with van der Waals surface area (Å²) in [6.45, 7) is 2.21. The Morgan fingerprint density at radius 2 is 1.29 bits per heavy atom. The molecule has 0 spiro atoms. The van der Waals surface area contributed by atoms with E-state index in [1.54, 1.807) is 0 Å². The number of methoxy groups -OCH3 is 1. The van der Waals surface area contributed by atoms with Gasteiger partial charge in [0.05, 0.1) is 26.4 Å². The Morgan fingerprint density at radius 1 is 0.653 bits per heavy atom. The molecule has 0 aromatic carbocycles. The van der Waals surface area contributed by atoms with Crippen LogP contribution in [0.4, 0.5) is 9.59 Å². The lowest BCUT2D eigenvalue weighted by Crippen LogP contribution is -2.35. The van der Waals surface area contributed by atoms with E-state index < -0.39 is 26.1 Å². The number of ether oxygens (including phenoxy) is 6. The van der Waals surface area contributed by atoms with Crippen LogP contribution in [0.5, 0.6) is 0 Å². The molecule has 5 N–H and O–H groups in total. The second-order valence-corrected chi connectivity index (χ2v) is 12.6. The minimum absolute atomic E-state index is 0.0304. The van der Waals surface area contributed by atoms with Crippen LogP contribution < -0.4 is 16.0 Å². The van der Waals surface area contributed by atoms with E-state index in [9.17, 15) is 18.9 Å². The third kappa shape index (κ3) is 34.2. The van der Waals surface area contributed by atoms with E-state index in [-0.39, 0.29) is 65.2 Å². The number of carbonyl (C=O) groups excluding carboxylic acids is 3. The molecular formula is C31H62N3O14P. The van der Waals surface area contributed by atoms with Crippen LogP contribution in [0, 0.1) is 0 Å². The van der Waals surface area contributed by atoms with Crippen molar-refractivity contribution in [1.29, 1.82) is 0 Å². The largest absolute Gasteiger partial charge is 0.471 e. The van der Waals surface area contributed by atoms with Crippen LogP contribution in [0.2, 0.25) is 0 Å². The molecule has 290 valence electrons. The number of phosphoric acid groups is 1. The van der Waals surface area contributed by atoms with Gasteiger partial charge in [-0.3, -0.25) is 19.2 Å². The van der Waals surface area contributed by atoms with E-state index in [0.29, 0.717) is 39.2 Å². The summed E-state index contributed by atoms with van der Waals surface area (Å²) in [5.41, 5.74) is 0. The number of hydrogen-bond acceptors (Lipinski definition) is 13.